The Hall–Kier alpha value is -2.49. The van der Waals surface area contributed by atoms with Crippen LogP contribution in [-0.4, -0.2) is 10.1 Å². The van der Waals surface area contributed by atoms with Gasteiger partial charge >= 0.3 is 0 Å². The fourth-order valence-electron chi connectivity index (χ4n) is 2.04. The van der Waals surface area contributed by atoms with Gasteiger partial charge in [0.25, 0.3) is 5.56 Å². The van der Waals surface area contributed by atoms with Crippen LogP contribution in [0.2, 0.25) is 0 Å². The standard InChI is InChI=1S/C14H11NO3/c16-13-8-10-6-9(7-11-2-1-5-18-11)3-4-12(10)14(17)15-13/h1-2,4-8,16H,3H2,(H,15,17). The van der Waals surface area contributed by atoms with Crippen LogP contribution in [0.5, 0.6) is 5.88 Å². The Bertz CT molecular complexity index is 779. The van der Waals surface area contributed by atoms with E-state index in [0.29, 0.717) is 11.6 Å². The average Bonchev–Trinajstić information content (AvgIpc) is 2.81. The maximum atomic E-state index is 11.6. The summed E-state index contributed by atoms with van der Waals surface area (Å²) >= 11 is 0. The lowest BCUT2D eigenvalue weighted by molar-refractivity contribution is 0.450. The van der Waals surface area contributed by atoms with Crippen molar-refractivity contribution in [3.05, 3.63) is 56.6 Å². The molecule has 18 heavy (non-hydrogen) atoms. The van der Waals surface area contributed by atoms with Gasteiger partial charge in [-0.2, -0.15) is 0 Å². The van der Waals surface area contributed by atoms with Gasteiger partial charge in [-0.05, 0) is 35.4 Å². The number of hydrogen-bond acceptors (Lipinski definition) is 3. The van der Waals surface area contributed by atoms with E-state index in [9.17, 15) is 9.90 Å². The van der Waals surface area contributed by atoms with Crippen molar-refractivity contribution in [2.75, 3.05) is 0 Å². The largest absolute Gasteiger partial charge is 0.494 e. The van der Waals surface area contributed by atoms with E-state index >= 15 is 0 Å². The van der Waals surface area contributed by atoms with E-state index < -0.39 is 0 Å². The molecule has 0 fully saturated rings. The molecular formula is C14H11NO3. The molecule has 0 aliphatic heterocycles. The number of nitrogens with one attached hydrogen (secondary N) is 1. The molecular weight excluding hydrogens is 230 g/mol. The van der Waals surface area contributed by atoms with Crippen LogP contribution in [0.3, 0.4) is 0 Å². The van der Waals surface area contributed by atoms with Gasteiger partial charge in [0.05, 0.1) is 6.26 Å². The quantitative estimate of drug-likeness (QED) is 0.773. The molecule has 0 amide bonds. The van der Waals surface area contributed by atoms with Crippen molar-refractivity contribution in [2.45, 2.75) is 6.42 Å². The Balaban J connectivity index is 2.16. The van der Waals surface area contributed by atoms with E-state index in [-0.39, 0.29) is 11.4 Å². The van der Waals surface area contributed by atoms with E-state index in [0.717, 1.165) is 16.6 Å². The fraction of sp³-hybridized carbons (Fsp3) is 0.0714. The monoisotopic (exact) mass is 241 g/mol. The first-order chi connectivity index (χ1) is 8.72. The minimum absolute atomic E-state index is 0.123. The summed E-state index contributed by atoms with van der Waals surface area (Å²) in [5.41, 5.74) is 0.765. The predicted octanol–water partition coefficient (Wildman–Crippen LogP) is 0.722. The molecule has 2 aromatic heterocycles. The molecule has 0 saturated carbocycles. The molecule has 1 aliphatic carbocycles. The molecule has 0 bridgehead atoms. The van der Waals surface area contributed by atoms with Gasteiger partial charge in [0.15, 0.2) is 5.88 Å². The minimum atomic E-state index is -0.265. The number of pyridine rings is 1. The molecule has 4 heteroatoms. The third-order valence-corrected chi connectivity index (χ3v) is 2.84. The number of aromatic hydroxyl groups is 1. The second-order valence-corrected chi connectivity index (χ2v) is 4.14. The van der Waals surface area contributed by atoms with Crippen molar-refractivity contribution in [1.82, 2.24) is 4.98 Å². The van der Waals surface area contributed by atoms with E-state index in [4.69, 9.17) is 4.42 Å². The summed E-state index contributed by atoms with van der Waals surface area (Å²) in [7, 11) is 0. The Morgan fingerprint density at radius 2 is 2.33 bits per heavy atom. The first-order valence-electron chi connectivity index (χ1n) is 5.61. The average molecular weight is 241 g/mol. The van der Waals surface area contributed by atoms with Gasteiger partial charge in [-0.3, -0.25) is 9.78 Å². The van der Waals surface area contributed by atoms with Crippen molar-refractivity contribution in [1.29, 1.82) is 0 Å². The Kier molecular flexibility index (Phi) is 2.41. The highest BCUT2D eigenvalue weighted by Gasteiger charge is 2.04. The number of aromatic amines is 1. The highest BCUT2D eigenvalue weighted by molar-refractivity contribution is 5.66. The van der Waals surface area contributed by atoms with Gasteiger partial charge in [0, 0.05) is 11.3 Å². The molecule has 1 aliphatic rings. The summed E-state index contributed by atoms with van der Waals surface area (Å²) < 4.78 is 5.24. The van der Waals surface area contributed by atoms with E-state index in [1.54, 1.807) is 12.3 Å². The van der Waals surface area contributed by atoms with Crippen molar-refractivity contribution in [2.24, 2.45) is 0 Å². The number of aromatic nitrogens is 1. The summed E-state index contributed by atoms with van der Waals surface area (Å²) in [6.07, 6.45) is 7.93. The smallest absolute Gasteiger partial charge is 0.258 e. The molecule has 0 radical (unpaired) electrons. The summed E-state index contributed by atoms with van der Waals surface area (Å²) in [5, 5.41) is 10.7. The lowest BCUT2D eigenvalue weighted by Gasteiger charge is -2.04. The lowest BCUT2D eigenvalue weighted by Crippen LogP contribution is -2.41. The van der Waals surface area contributed by atoms with Gasteiger partial charge in [-0.1, -0.05) is 12.2 Å². The first kappa shape index (κ1) is 10.7. The summed E-state index contributed by atoms with van der Waals surface area (Å²) in [4.78, 5) is 14.0. The van der Waals surface area contributed by atoms with Crippen LogP contribution in [0, 0.1) is 0 Å². The highest BCUT2D eigenvalue weighted by Crippen LogP contribution is 2.13. The third-order valence-electron chi connectivity index (χ3n) is 2.84. The minimum Gasteiger partial charge on any atom is -0.494 e. The Labute approximate surface area is 102 Å². The molecule has 3 rings (SSSR count). The van der Waals surface area contributed by atoms with Crippen LogP contribution < -0.4 is 16.0 Å². The number of rotatable bonds is 1. The zero-order valence-corrected chi connectivity index (χ0v) is 9.51. The number of allylic oxidation sites excluding steroid dienone is 1. The van der Waals surface area contributed by atoms with Gasteiger partial charge in [-0.25, -0.2) is 0 Å². The summed E-state index contributed by atoms with van der Waals surface area (Å²) in [6, 6.07) is 5.23. The second-order valence-electron chi connectivity index (χ2n) is 4.14. The number of hydrogen-bond donors (Lipinski definition) is 2. The Morgan fingerprint density at radius 3 is 3.11 bits per heavy atom. The van der Waals surface area contributed by atoms with Crippen LogP contribution in [0.15, 0.2) is 39.2 Å². The van der Waals surface area contributed by atoms with Gasteiger partial charge in [-0.15, -0.1) is 0 Å². The normalized spacial score (nSPS) is 15.9. The third kappa shape index (κ3) is 1.88. The number of fused-ring (bicyclic) bond motifs is 1. The first-order valence-corrected chi connectivity index (χ1v) is 5.61. The number of furan rings is 1. The molecule has 90 valence electrons. The van der Waals surface area contributed by atoms with Crippen molar-refractivity contribution in [3.8, 4) is 5.88 Å². The highest BCUT2D eigenvalue weighted by atomic mass is 16.3. The molecule has 4 nitrogen and oxygen atoms in total. The zero-order valence-electron chi connectivity index (χ0n) is 9.51. The second kappa shape index (κ2) is 4.07. The molecule has 0 atom stereocenters. The molecule has 0 spiro atoms. The van der Waals surface area contributed by atoms with Crippen LogP contribution in [0.4, 0.5) is 0 Å². The van der Waals surface area contributed by atoms with Gasteiger partial charge in [0.1, 0.15) is 5.76 Å². The number of H-pyrrole nitrogens is 1. The van der Waals surface area contributed by atoms with Crippen LogP contribution in [-0.2, 0) is 0 Å². The van der Waals surface area contributed by atoms with Crippen LogP contribution >= 0.6 is 0 Å². The SMILES string of the molecule is O=c1[nH]c(O)cc2c1=CCC(=Cc1ccco1)C=2. The maximum absolute atomic E-state index is 11.6. The van der Waals surface area contributed by atoms with Crippen LogP contribution in [0.25, 0.3) is 18.2 Å². The van der Waals surface area contributed by atoms with Crippen molar-refractivity contribution in [3.63, 3.8) is 0 Å². The van der Waals surface area contributed by atoms with Crippen LogP contribution in [0.1, 0.15) is 12.2 Å². The molecule has 0 unspecified atom stereocenters. The van der Waals surface area contributed by atoms with Crippen molar-refractivity contribution < 1.29 is 9.52 Å². The van der Waals surface area contributed by atoms with Crippen molar-refractivity contribution >= 4 is 18.2 Å². The fourth-order valence-corrected chi connectivity index (χ4v) is 2.04. The predicted molar refractivity (Wildman–Crippen MR) is 68.2 cm³/mol. The van der Waals surface area contributed by atoms with Gasteiger partial charge < -0.3 is 9.52 Å². The lowest BCUT2D eigenvalue weighted by atomic mass is 10.0. The maximum Gasteiger partial charge on any atom is 0.258 e. The summed E-state index contributed by atoms with van der Waals surface area (Å²) in [5.74, 6) is 0.648. The van der Waals surface area contributed by atoms with E-state index in [1.807, 2.05) is 30.4 Å². The summed E-state index contributed by atoms with van der Waals surface area (Å²) in [6.45, 7) is 0. The molecule has 0 aromatic carbocycles. The zero-order chi connectivity index (χ0) is 12.5. The molecule has 2 heterocycles. The Morgan fingerprint density at radius 1 is 1.44 bits per heavy atom. The van der Waals surface area contributed by atoms with E-state index in [2.05, 4.69) is 4.98 Å². The van der Waals surface area contributed by atoms with Gasteiger partial charge in [0.2, 0.25) is 0 Å². The molecule has 2 N–H and O–H groups in total. The topological polar surface area (TPSA) is 66.2 Å². The van der Waals surface area contributed by atoms with E-state index in [1.165, 1.54) is 0 Å². The molecule has 0 saturated heterocycles. The molecule has 2 aromatic rings.